The number of nitrogens with zero attached hydrogens (tertiary/aromatic N) is 5. The van der Waals surface area contributed by atoms with Gasteiger partial charge in [-0.15, -0.1) is 0 Å². The Kier molecular flexibility index (Phi) is 4.72. The van der Waals surface area contributed by atoms with Crippen molar-refractivity contribution in [2.24, 2.45) is 0 Å². The number of rotatable bonds is 5. The summed E-state index contributed by atoms with van der Waals surface area (Å²) < 4.78 is 4.19. The zero-order valence-corrected chi connectivity index (χ0v) is 14.1. The highest BCUT2D eigenvalue weighted by Crippen LogP contribution is 2.11. The maximum Gasteiger partial charge on any atom is 0.256 e. The molecule has 0 saturated carbocycles. The van der Waals surface area contributed by atoms with Crippen LogP contribution in [-0.2, 0) is 13.1 Å². The molecule has 0 fully saturated rings. The third-order valence-corrected chi connectivity index (χ3v) is 3.69. The molecular formula is C16H13BrN6O. The van der Waals surface area contributed by atoms with Crippen molar-refractivity contribution in [3.63, 3.8) is 0 Å². The van der Waals surface area contributed by atoms with Gasteiger partial charge in [-0.2, -0.15) is 15.5 Å². The first-order valence-electron chi connectivity index (χ1n) is 7.13. The zero-order valence-electron chi connectivity index (χ0n) is 12.6. The van der Waals surface area contributed by atoms with E-state index in [-0.39, 0.29) is 12.5 Å². The molecule has 0 aliphatic heterocycles. The van der Waals surface area contributed by atoms with E-state index in [1.165, 1.54) is 4.68 Å². The van der Waals surface area contributed by atoms with Crippen molar-refractivity contribution in [3.05, 3.63) is 64.5 Å². The highest BCUT2D eigenvalue weighted by molar-refractivity contribution is 9.10. The van der Waals surface area contributed by atoms with Crippen LogP contribution in [0.15, 0.2) is 53.4 Å². The molecular weight excluding hydrogens is 372 g/mol. The molecule has 2 aromatic heterocycles. The fourth-order valence-electron chi connectivity index (χ4n) is 2.15. The maximum atomic E-state index is 12.2. The number of anilines is 1. The van der Waals surface area contributed by atoms with E-state index in [1.54, 1.807) is 35.3 Å². The quantitative estimate of drug-likeness (QED) is 0.732. The Labute approximate surface area is 146 Å². The van der Waals surface area contributed by atoms with E-state index in [9.17, 15) is 4.79 Å². The Balaban J connectivity index is 1.63. The van der Waals surface area contributed by atoms with E-state index in [2.05, 4.69) is 31.4 Å². The van der Waals surface area contributed by atoms with Crippen LogP contribution in [0.2, 0.25) is 0 Å². The largest absolute Gasteiger partial charge is 0.305 e. The van der Waals surface area contributed by atoms with Gasteiger partial charge in [-0.3, -0.25) is 14.2 Å². The van der Waals surface area contributed by atoms with Crippen LogP contribution in [0.4, 0.5) is 5.82 Å². The molecule has 0 atom stereocenters. The molecule has 0 bridgehead atoms. The van der Waals surface area contributed by atoms with Crippen molar-refractivity contribution in [3.8, 4) is 6.07 Å². The predicted octanol–water partition coefficient (Wildman–Crippen LogP) is 2.67. The Morgan fingerprint density at radius 3 is 2.71 bits per heavy atom. The number of carbonyl (C=O) groups is 1. The van der Waals surface area contributed by atoms with Crippen LogP contribution in [0.25, 0.3) is 0 Å². The van der Waals surface area contributed by atoms with Gasteiger partial charge >= 0.3 is 0 Å². The first kappa shape index (κ1) is 16.0. The van der Waals surface area contributed by atoms with Gasteiger partial charge in [0.05, 0.1) is 23.3 Å². The van der Waals surface area contributed by atoms with Crippen molar-refractivity contribution in [1.82, 2.24) is 19.6 Å². The molecule has 0 aliphatic carbocycles. The van der Waals surface area contributed by atoms with Crippen LogP contribution in [0.5, 0.6) is 0 Å². The standard InChI is InChI=1S/C16H13BrN6O/c17-14-9-19-23(11-14)10-12-1-3-13(4-2-12)16(24)20-15-5-7-22(21-15)8-6-18/h1-5,7,9,11H,8,10H2,(H,20,21,24). The molecule has 0 radical (unpaired) electrons. The van der Waals surface area contributed by atoms with Gasteiger partial charge in [0.15, 0.2) is 5.82 Å². The number of halogens is 1. The molecule has 2 heterocycles. The molecule has 0 aliphatic rings. The van der Waals surface area contributed by atoms with Crippen molar-refractivity contribution in [2.75, 3.05) is 5.32 Å². The third-order valence-electron chi connectivity index (χ3n) is 3.28. The normalized spacial score (nSPS) is 10.3. The lowest BCUT2D eigenvalue weighted by Crippen LogP contribution is -2.13. The molecule has 1 N–H and O–H groups in total. The number of benzene rings is 1. The van der Waals surface area contributed by atoms with Crippen LogP contribution < -0.4 is 5.32 Å². The monoisotopic (exact) mass is 384 g/mol. The van der Waals surface area contributed by atoms with Gasteiger partial charge in [0.2, 0.25) is 0 Å². The van der Waals surface area contributed by atoms with Crippen molar-refractivity contribution < 1.29 is 4.79 Å². The van der Waals surface area contributed by atoms with Crippen LogP contribution in [0.3, 0.4) is 0 Å². The number of amides is 1. The molecule has 1 amide bonds. The summed E-state index contributed by atoms with van der Waals surface area (Å²) in [6.45, 7) is 0.778. The zero-order chi connectivity index (χ0) is 16.9. The summed E-state index contributed by atoms with van der Waals surface area (Å²) in [5.74, 6) is 0.173. The van der Waals surface area contributed by atoms with Crippen molar-refractivity contribution >= 4 is 27.7 Å². The number of nitriles is 1. The lowest BCUT2D eigenvalue weighted by Gasteiger charge is -2.05. The molecule has 0 unspecified atom stereocenters. The fraction of sp³-hybridized carbons (Fsp3) is 0.125. The number of hydrogen-bond donors (Lipinski definition) is 1. The second kappa shape index (κ2) is 7.10. The predicted molar refractivity (Wildman–Crippen MR) is 91.3 cm³/mol. The Morgan fingerprint density at radius 1 is 1.25 bits per heavy atom. The highest BCUT2D eigenvalue weighted by Gasteiger charge is 2.08. The molecule has 1 aromatic carbocycles. The fourth-order valence-corrected chi connectivity index (χ4v) is 2.48. The summed E-state index contributed by atoms with van der Waals surface area (Å²) >= 11 is 3.36. The minimum absolute atomic E-state index is 0.147. The van der Waals surface area contributed by atoms with Crippen LogP contribution in [0, 0.1) is 11.3 Å². The smallest absolute Gasteiger partial charge is 0.256 e. The molecule has 3 rings (SSSR count). The molecule has 120 valence electrons. The summed E-state index contributed by atoms with van der Waals surface area (Å²) in [5.41, 5.74) is 1.58. The van der Waals surface area contributed by atoms with Gasteiger partial charge in [-0.05, 0) is 33.6 Å². The first-order chi connectivity index (χ1) is 11.6. The molecule has 0 spiro atoms. The summed E-state index contributed by atoms with van der Waals surface area (Å²) in [6, 6.07) is 10.9. The third kappa shape index (κ3) is 3.88. The van der Waals surface area contributed by atoms with Crippen LogP contribution in [0.1, 0.15) is 15.9 Å². The van der Waals surface area contributed by atoms with Crippen molar-refractivity contribution in [2.45, 2.75) is 13.1 Å². The summed E-state index contributed by atoms with van der Waals surface area (Å²) in [7, 11) is 0. The van der Waals surface area contributed by atoms with Gasteiger partial charge in [-0.25, -0.2) is 0 Å². The summed E-state index contributed by atoms with van der Waals surface area (Å²) in [5, 5.41) is 19.6. The SMILES string of the molecule is N#CCn1ccc(NC(=O)c2ccc(Cn3cc(Br)cn3)cc2)n1. The first-order valence-corrected chi connectivity index (χ1v) is 7.92. The number of aromatic nitrogens is 4. The van der Waals surface area contributed by atoms with Crippen LogP contribution in [-0.4, -0.2) is 25.5 Å². The molecule has 8 heteroatoms. The second-order valence-corrected chi connectivity index (χ2v) is 5.98. The minimum atomic E-state index is -0.245. The maximum absolute atomic E-state index is 12.2. The molecule has 7 nitrogen and oxygen atoms in total. The topological polar surface area (TPSA) is 88.5 Å². The van der Waals surface area contributed by atoms with Crippen molar-refractivity contribution in [1.29, 1.82) is 5.26 Å². The number of hydrogen-bond acceptors (Lipinski definition) is 4. The lowest BCUT2D eigenvalue weighted by molar-refractivity contribution is 0.102. The van der Waals surface area contributed by atoms with E-state index in [0.29, 0.717) is 17.9 Å². The van der Waals surface area contributed by atoms with E-state index in [1.807, 2.05) is 24.4 Å². The number of nitrogens with one attached hydrogen (secondary N) is 1. The van der Waals surface area contributed by atoms with Gasteiger partial charge < -0.3 is 5.32 Å². The van der Waals surface area contributed by atoms with E-state index in [4.69, 9.17) is 5.26 Å². The molecule has 3 aromatic rings. The van der Waals surface area contributed by atoms with Gasteiger partial charge in [0.25, 0.3) is 5.91 Å². The Hall–Kier alpha value is -2.92. The van der Waals surface area contributed by atoms with Gasteiger partial charge in [-0.1, -0.05) is 12.1 Å². The van der Waals surface area contributed by atoms with E-state index < -0.39 is 0 Å². The lowest BCUT2D eigenvalue weighted by atomic mass is 10.1. The summed E-state index contributed by atoms with van der Waals surface area (Å²) in [4.78, 5) is 12.2. The average Bonchev–Trinajstić information content (AvgIpc) is 3.17. The summed E-state index contributed by atoms with van der Waals surface area (Å²) in [6.07, 6.45) is 5.26. The molecule has 0 saturated heterocycles. The van der Waals surface area contributed by atoms with Crippen LogP contribution >= 0.6 is 15.9 Å². The Bertz CT molecular complexity index is 890. The van der Waals surface area contributed by atoms with E-state index in [0.717, 1.165) is 10.0 Å². The van der Waals surface area contributed by atoms with E-state index >= 15 is 0 Å². The number of carbonyl (C=O) groups excluding carboxylic acids is 1. The van der Waals surface area contributed by atoms with Gasteiger partial charge in [0.1, 0.15) is 6.54 Å². The minimum Gasteiger partial charge on any atom is -0.305 e. The average molecular weight is 385 g/mol. The van der Waals surface area contributed by atoms with Gasteiger partial charge in [0, 0.05) is 24.0 Å². The highest BCUT2D eigenvalue weighted by atomic mass is 79.9. The Morgan fingerprint density at radius 2 is 2.04 bits per heavy atom. The second-order valence-electron chi connectivity index (χ2n) is 5.06. The molecule has 24 heavy (non-hydrogen) atoms.